The Bertz CT molecular complexity index is 1300. The third kappa shape index (κ3) is 5.90. The zero-order valence-corrected chi connectivity index (χ0v) is 20.1. The summed E-state index contributed by atoms with van der Waals surface area (Å²) in [6, 6.07) is 6.33. The number of nitrogens with one attached hydrogen (secondary N) is 1. The van der Waals surface area contributed by atoms with E-state index < -0.39 is 56.0 Å². The molecule has 1 aliphatic carbocycles. The molecule has 4 rings (SSSR count). The van der Waals surface area contributed by atoms with Gasteiger partial charge in [-0.3, -0.25) is 9.59 Å². The van der Waals surface area contributed by atoms with Crippen LogP contribution in [0.5, 0.6) is 5.75 Å². The maximum Gasteiger partial charge on any atom is 0.431 e. The number of alkyl halides is 3. The Morgan fingerprint density at radius 1 is 1.25 bits per heavy atom. The minimum Gasteiger partial charge on any atom is -0.491 e. The van der Waals surface area contributed by atoms with Gasteiger partial charge < -0.3 is 24.9 Å². The van der Waals surface area contributed by atoms with Crippen LogP contribution < -0.4 is 16.0 Å². The predicted molar refractivity (Wildman–Crippen MR) is 122 cm³/mol. The largest absolute Gasteiger partial charge is 0.491 e. The SMILES string of the molecule is C[C@]1(CS(=O)(=O)C2CC2)COC[C@@H](COc2ccc(-c3cc(C(N)=O)c(=O)[nH]c3C(F)(F)F)cc2)O1. The summed E-state index contributed by atoms with van der Waals surface area (Å²) in [6.07, 6.45) is -4.10. The molecule has 0 radical (unpaired) electrons. The number of aromatic amines is 1. The van der Waals surface area contributed by atoms with E-state index in [9.17, 15) is 31.2 Å². The van der Waals surface area contributed by atoms with Gasteiger partial charge in [0.05, 0.1) is 24.2 Å². The molecule has 1 aromatic heterocycles. The molecule has 2 aromatic rings. The number of carbonyl (C=O) groups is 1. The zero-order chi connectivity index (χ0) is 26.3. The smallest absolute Gasteiger partial charge is 0.431 e. The maximum atomic E-state index is 13.5. The Balaban J connectivity index is 1.46. The van der Waals surface area contributed by atoms with E-state index in [4.69, 9.17) is 19.9 Å². The summed E-state index contributed by atoms with van der Waals surface area (Å²) in [7, 11) is -3.27. The van der Waals surface area contributed by atoms with Crippen molar-refractivity contribution < 1.29 is 40.6 Å². The molecule has 36 heavy (non-hydrogen) atoms. The third-order valence-corrected chi connectivity index (χ3v) is 8.39. The number of amides is 1. The molecule has 0 spiro atoms. The zero-order valence-electron chi connectivity index (χ0n) is 19.3. The van der Waals surface area contributed by atoms with E-state index in [1.165, 1.54) is 24.3 Å². The molecule has 196 valence electrons. The highest BCUT2D eigenvalue weighted by atomic mass is 32.2. The average Bonchev–Trinajstić information content (AvgIpc) is 3.63. The highest BCUT2D eigenvalue weighted by Gasteiger charge is 2.44. The number of nitrogens with two attached hydrogens (primary N) is 1. The Hall–Kier alpha value is -2.90. The molecule has 1 saturated heterocycles. The predicted octanol–water partition coefficient (Wildman–Crippen LogP) is 2.29. The van der Waals surface area contributed by atoms with E-state index in [0.717, 1.165) is 6.07 Å². The van der Waals surface area contributed by atoms with Crippen molar-refractivity contribution in [3.63, 3.8) is 0 Å². The number of H-pyrrole nitrogens is 1. The molecular formula is C23H25F3N2O7S. The topological polar surface area (TPSA) is 138 Å². The van der Waals surface area contributed by atoms with E-state index in [1.807, 2.05) is 0 Å². The second-order valence-electron chi connectivity index (χ2n) is 9.21. The van der Waals surface area contributed by atoms with Crippen molar-refractivity contribution in [1.29, 1.82) is 0 Å². The molecule has 1 amide bonds. The van der Waals surface area contributed by atoms with Gasteiger partial charge in [0.15, 0.2) is 9.84 Å². The van der Waals surface area contributed by atoms with Crippen LogP contribution in [-0.4, -0.2) is 61.8 Å². The fraction of sp³-hybridized carbons (Fsp3) is 0.478. The lowest BCUT2D eigenvalue weighted by Gasteiger charge is -2.38. The summed E-state index contributed by atoms with van der Waals surface area (Å²) in [5, 5.41) is -0.313. The molecule has 2 atom stereocenters. The number of sulfone groups is 1. The van der Waals surface area contributed by atoms with Gasteiger partial charge in [0.2, 0.25) is 0 Å². The van der Waals surface area contributed by atoms with Gasteiger partial charge in [0.25, 0.3) is 11.5 Å². The van der Waals surface area contributed by atoms with Crippen LogP contribution in [0.4, 0.5) is 13.2 Å². The lowest BCUT2D eigenvalue weighted by molar-refractivity contribution is -0.187. The van der Waals surface area contributed by atoms with E-state index in [0.29, 0.717) is 18.6 Å². The molecule has 3 N–H and O–H groups in total. The Labute approximate surface area is 204 Å². The molecular weight excluding hydrogens is 505 g/mol. The first-order valence-corrected chi connectivity index (χ1v) is 12.8. The van der Waals surface area contributed by atoms with E-state index in [1.54, 1.807) is 11.9 Å². The molecule has 9 nitrogen and oxygen atoms in total. The Kier molecular flexibility index (Phi) is 6.92. The van der Waals surface area contributed by atoms with E-state index >= 15 is 0 Å². The summed E-state index contributed by atoms with van der Waals surface area (Å²) < 4.78 is 82.5. The molecule has 0 bridgehead atoms. The van der Waals surface area contributed by atoms with Gasteiger partial charge in [-0.05, 0) is 43.5 Å². The van der Waals surface area contributed by atoms with Crippen molar-refractivity contribution in [2.24, 2.45) is 5.73 Å². The summed E-state index contributed by atoms with van der Waals surface area (Å²) in [6.45, 7) is 2.03. The fourth-order valence-electron chi connectivity index (χ4n) is 4.09. The van der Waals surface area contributed by atoms with Gasteiger partial charge in [-0.15, -0.1) is 0 Å². The van der Waals surface area contributed by atoms with Crippen molar-refractivity contribution in [3.8, 4) is 16.9 Å². The number of hydrogen-bond donors (Lipinski definition) is 2. The van der Waals surface area contributed by atoms with Gasteiger partial charge in [0, 0.05) is 5.56 Å². The number of benzene rings is 1. The third-order valence-electron chi connectivity index (χ3n) is 5.89. The second kappa shape index (κ2) is 9.52. The van der Waals surface area contributed by atoms with Crippen LogP contribution in [0, 0.1) is 0 Å². The van der Waals surface area contributed by atoms with Crippen molar-refractivity contribution in [1.82, 2.24) is 4.98 Å². The molecule has 1 aliphatic heterocycles. The number of primary amides is 1. The highest BCUT2D eigenvalue weighted by molar-refractivity contribution is 7.92. The fourth-order valence-corrected chi connectivity index (χ4v) is 6.18. The van der Waals surface area contributed by atoms with Gasteiger partial charge in [-0.2, -0.15) is 13.2 Å². The lowest BCUT2D eigenvalue weighted by atomic mass is 10.0. The van der Waals surface area contributed by atoms with Gasteiger partial charge >= 0.3 is 6.18 Å². The van der Waals surface area contributed by atoms with Crippen LogP contribution in [0.2, 0.25) is 0 Å². The molecule has 13 heteroatoms. The minimum absolute atomic E-state index is 0.0245. The monoisotopic (exact) mass is 530 g/mol. The van der Waals surface area contributed by atoms with Gasteiger partial charge in [-0.25, -0.2) is 8.42 Å². The minimum atomic E-state index is -4.88. The summed E-state index contributed by atoms with van der Waals surface area (Å²) in [4.78, 5) is 25.0. The van der Waals surface area contributed by atoms with Crippen LogP contribution in [0.25, 0.3) is 11.1 Å². The van der Waals surface area contributed by atoms with Crippen molar-refractivity contribution in [2.75, 3.05) is 25.6 Å². The molecule has 1 saturated carbocycles. The number of ether oxygens (including phenoxy) is 3. The van der Waals surface area contributed by atoms with Crippen molar-refractivity contribution >= 4 is 15.7 Å². The first kappa shape index (κ1) is 26.2. The average molecular weight is 531 g/mol. The number of hydrogen-bond acceptors (Lipinski definition) is 7. The summed E-state index contributed by atoms with van der Waals surface area (Å²) in [5.74, 6) is -0.990. The number of rotatable bonds is 8. The molecule has 0 unspecified atom stereocenters. The Morgan fingerprint density at radius 2 is 1.92 bits per heavy atom. The lowest BCUT2D eigenvalue weighted by Crippen LogP contribution is -2.51. The summed E-state index contributed by atoms with van der Waals surface area (Å²) in [5.41, 5.74) is 0.624. The quantitative estimate of drug-likeness (QED) is 0.534. The van der Waals surface area contributed by atoms with Crippen LogP contribution in [0.3, 0.4) is 0 Å². The second-order valence-corrected chi connectivity index (χ2v) is 11.5. The maximum absolute atomic E-state index is 13.5. The highest BCUT2D eigenvalue weighted by Crippen LogP contribution is 2.36. The van der Waals surface area contributed by atoms with Crippen LogP contribution in [0.1, 0.15) is 35.8 Å². The van der Waals surface area contributed by atoms with Crippen LogP contribution in [-0.2, 0) is 25.5 Å². The molecule has 2 fully saturated rings. The van der Waals surface area contributed by atoms with E-state index in [2.05, 4.69) is 0 Å². The standard InChI is InChI=1S/C23H25F3N2O7S/c1-22(12-36(31,32)16-6-7-16)11-33-9-15(35-22)10-34-14-4-2-13(3-5-14)17-8-18(20(27)29)21(30)28-19(17)23(24,25)26/h2-5,8,15-16H,6-7,9-12H2,1H3,(H2,27,29)(H,28,30)/t15-,22+/m0/s1. The molecule has 2 heterocycles. The van der Waals surface area contributed by atoms with Crippen LogP contribution >= 0.6 is 0 Å². The van der Waals surface area contributed by atoms with E-state index in [-0.39, 0.29) is 36.4 Å². The van der Waals surface area contributed by atoms with Gasteiger partial charge in [-0.1, -0.05) is 12.1 Å². The first-order chi connectivity index (χ1) is 16.8. The van der Waals surface area contributed by atoms with Gasteiger partial charge in [0.1, 0.15) is 35.3 Å². The normalized spacial score (nSPS) is 22.8. The molecule has 1 aromatic carbocycles. The van der Waals surface area contributed by atoms with Crippen molar-refractivity contribution in [2.45, 2.75) is 42.9 Å². The van der Waals surface area contributed by atoms with Crippen LogP contribution in [0.15, 0.2) is 35.1 Å². The first-order valence-electron chi connectivity index (χ1n) is 11.1. The summed E-state index contributed by atoms with van der Waals surface area (Å²) >= 11 is 0. The number of pyridine rings is 1. The number of aromatic nitrogens is 1. The molecule has 2 aliphatic rings. The number of carbonyl (C=O) groups excluding carboxylic acids is 1. The van der Waals surface area contributed by atoms with Crippen molar-refractivity contribution in [3.05, 3.63) is 51.9 Å². The number of halogens is 3. The Morgan fingerprint density at radius 3 is 2.50 bits per heavy atom.